The van der Waals surface area contributed by atoms with Gasteiger partial charge in [0.1, 0.15) is 45.5 Å². The van der Waals surface area contributed by atoms with Gasteiger partial charge in [0.15, 0.2) is 34.8 Å². The number of H-pyrrole nitrogens is 2. The molecule has 318 valence electrons. The zero-order chi connectivity index (χ0) is 42.3. The van der Waals surface area contributed by atoms with Crippen molar-refractivity contribution in [1.82, 2.24) is 48.8 Å². The summed E-state index contributed by atoms with van der Waals surface area (Å²) in [4.78, 5) is 38.1. The summed E-state index contributed by atoms with van der Waals surface area (Å²) in [5, 5.41) is 3.67. The molecule has 0 radical (unpaired) electrons. The van der Waals surface area contributed by atoms with E-state index in [1.54, 1.807) is 0 Å². The summed E-state index contributed by atoms with van der Waals surface area (Å²) in [7, 11) is 12.8. The van der Waals surface area contributed by atoms with Gasteiger partial charge in [-0.05, 0) is 36.4 Å². The molecule has 0 fully saturated rings. The number of nitrogens with one attached hydrogen (secondary N) is 2. The fraction of sp³-hybridized carbons (Fsp3) is 0.120. The molecule has 0 spiro atoms. The summed E-state index contributed by atoms with van der Waals surface area (Å²) in [6.45, 7) is 0. The minimum absolute atomic E-state index is 0. The van der Waals surface area contributed by atoms with Crippen molar-refractivity contribution in [3.8, 4) is 68.5 Å². The summed E-state index contributed by atoms with van der Waals surface area (Å²) < 4.78 is 14.8. The van der Waals surface area contributed by atoms with Gasteiger partial charge in [0.25, 0.3) is 0 Å². The number of aromatic amines is 2. The third-order valence-electron chi connectivity index (χ3n) is 11.3. The first-order valence-electron chi connectivity index (χ1n) is 20.4. The van der Waals surface area contributed by atoms with Crippen molar-refractivity contribution in [3.63, 3.8) is 0 Å². The molecule has 15 heteroatoms. The van der Waals surface area contributed by atoms with E-state index < -0.39 is 0 Å². The number of aromatic nitrogens is 8. The Labute approximate surface area is 422 Å². The van der Waals surface area contributed by atoms with E-state index >= 15 is 0 Å². The van der Waals surface area contributed by atoms with E-state index in [9.17, 15) is 0 Å². The molecule has 2 aliphatic rings. The summed E-state index contributed by atoms with van der Waals surface area (Å²) in [5.74, 6) is 4.21. The number of fused-ring (bicyclic) bond motifs is 20. The standard InChI is InChI=1S/C50H42N10O2.2HI.Zn/c1-59(2,3)29-15-13-17-31(25-29)61-41-27-39-40(28-42(41)62-32-18-14-16-30(26-32)60(4,5)6)50-57-48-38-24-12-10-22-36(38)46(55-48)53-44-34-20-8-7-19-33(34)43(51-44)52-45-35-21-9-11-23-37(35)47(54-45)56-49(39)58-50;;;/h7-28H,1-6H3,(H2,51,52,53,54,55,56,57,58);2*1H;/q+2;;;+2. The number of nitrogens with zero attached hydrogens (tertiary/aromatic N) is 8. The Bertz CT molecular complexity index is 3490. The van der Waals surface area contributed by atoms with Crippen LogP contribution in [-0.4, -0.2) is 82.2 Å². The monoisotopic (exact) mass is 1130 g/mol. The molecular formula is C50H44I2N10O2Zn+4. The average Bonchev–Trinajstić information content (AvgIpc) is 3.99. The van der Waals surface area contributed by atoms with Gasteiger partial charge >= 0.3 is 19.5 Å². The third kappa shape index (κ3) is 8.51. The van der Waals surface area contributed by atoms with E-state index in [0.717, 1.165) is 49.6 Å². The Hall–Kier alpha value is -5.72. The minimum atomic E-state index is 0. The minimum Gasteiger partial charge on any atom is -0.453 e. The van der Waals surface area contributed by atoms with Gasteiger partial charge in [-0.15, -0.1) is 48.0 Å². The largest absolute Gasteiger partial charge is 2.00 e. The maximum atomic E-state index is 6.80. The zero-order valence-corrected chi connectivity index (χ0v) is 44.2. The second-order valence-electron chi connectivity index (χ2n) is 17.3. The van der Waals surface area contributed by atoms with Crippen LogP contribution in [0.5, 0.6) is 23.0 Å². The number of quaternary nitrogens is 2. The molecule has 12 nitrogen and oxygen atoms in total. The maximum absolute atomic E-state index is 6.80. The molecule has 3 aromatic heterocycles. The van der Waals surface area contributed by atoms with Crippen molar-refractivity contribution in [1.29, 1.82) is 0 Å². The smallest absolute Gasteiger partial charge is 0.453 e. The average molecular weight is 1140 g/mol. The molecule has 0 unspecified atom stereocenters. The van der Waals surface area contributed by atoms with Gasteiger partial charge in [0, 0.05) is 55.9 Å². The van der Waals surface area contributed by atoms with E-state index in [1.807, 2.05) is 115 Å². The Kier molecular flexibility index (Phi) is 12.4. The Morgan fingerprint density at radius 2 is 0.708 bits per heavy atom. The van der Waals surface area contributed by atoms with Crippen molar-refractivity contribution in [2.45, 2.75) is 0 Å². The fourth-order valence-corrected chi connectivity index (χ4v) is 7.99. The second-order valence-corrected chi connectivity index (χ2v) is 17.3. The van der Waals surface area contributed by atoms with Gasteiger partial charge in [-0.25, -0.2) is 29.9 Å². The van der Waals surface area contributed by atoms with Crippen molar-refractivity contribution in [2.24, 2.45) is 0 Å². The molecule has 2 N–H and O–H groups in total. The van der Waals surface area contributed by atoms with Crippen molar-refractivity contribution < 1.29 is 29.0 Å². The molecule has 9 aromatic rings. The number of rotatable bonds is 6. The molecule has 0 saturated heterocycles. The molecule has 2 aliphatic heterocycles. The summed E-state index contributed by atoms with van der Waals surface area (Å²) in [5.41, 5.74) is 7.88. The number of ether oxygens (including phenoxy) is 2. The Morgan fingerprint density at radius 1 is 0.369 bits per heavy atom. The molecule has 6 aromatic carbocycles. The molecule has 8 bridgehead atoms. The summed E-state index contributed by atoms with van der Waals surface area (Å²) >= 11 is 0. The SMILES string of the molecule is C[N+](C)(C)c1cccc(Oc2cc3c(cc2Oc2cccc([N+](C)(C)C)c2)-c2nc-3nc3nc(nc4[nH]c(nc5[nH]c(n2)c2ccccc52)c2ccccc42)-c2ccccc2-3)c1.I.I.[Zn+2]. The van der Waals surface area contributed by atoms with Crippen LogP contribution in [0.15, 0.2) is 133 Å². The van der Waals surface area contributed by atoms with Gasteiger partial charge in [-0.3, -0.25) is 8.97 Å². The van der Waals surface area contributed by atoms with Gasteiger partial charge in [-0.2, -0.15) is 0 Å². The molecule has 11 rings (SSSR count). The van der Waals surface area contributed by atoms with Gasteiger partial charge in [0.2, 0.25) is 0 Å². The zero-order valence-electron chi connectivity index (χ0n) is 36.6. The summed E-state index contributed by atoms with van der Waals surface area (Å²) in [6, 6.07) is 44.2. The van der Waals surface area contributed by atoms with Crippen molar-refractivity contribution >= 4 is 103 Å². The molecule has 0 saturated carbocycles. The van der Waals surface area contributed by atoms with Crippen LogP contribution in [0.3, 0.4) is 0 Å². The van der Waals surface area contributed by atoms with Crippen LogP contribution < -0.4 is 18.4 Å². The van der Waals surface area contributed by atoms with E-state index in [2.05, 4.69) is 70.5 Å². The summed E-state index contributed by atoms with van der Waals surface area (Å²) in [6.07, 6.45) is 0. The van der Waals surface area contributed by atoms with Crippen LogP contribution in [0, 0.1) is 0 Å². The van der Waals surface area contributed by atoms with Gasteiger partial charge < -0.3 is 19.4 Å². The van der Waals surface area contributed by atoms with Crippen LogP contribution >= 0.6 is 48.0 Å². The van der Waals surface area contributed by atoms with Crippen LogP contribution in [0.2, 0.25) is 0 Å². The number of hydrogen-bond acceptors (Lipinski definition) is 8. The fourth-order valence-electron chi connectivity index (χ4n) is 7.99. The first-order chi connectivity index (χ1) is 29.9. The molecule has 0 amide bonds. The molecule has 0 aliphatic carbocycles. The first-order valence-corrected chi connectivity index (χ1v) is 20.4. The predicted molar refractivity (Wildman–Crippen MR) is 279 cm³/mol. The van der Waals surface area contributed by atoms with Gasteiger partial charge in [0.05, 0.1) is 42.3 Å². The molecular weight excluding hydrogens is 1090 g/mol. The number of hydrogen-bond donors (Lipinski definition) is 2. The molecule has 5 heterocycles. The quantitative estimate of drug-likeness (QED) is 0.0957. The first kappa shape index (κ1) is 45.8. The number of halogens is 2. The topological polar surface area (TPSA) is 127 Å². The molecule has 0 atom stereocenters. The number of benzene rings is 6. The normalized spacial score (nSPS) is 11.8. The second kappa shape index (κ2) is 17.6. The van der Waals surface area contributed by atoms with Crippen LogP contribution in [0.4, 0.5) is 11.4 Å². The van der Waals surface area contributed by atoms with Gasteiger partial charge in [-0.1, -0.05) is 84.9 Å². The van der Waals surface area contributed by atoms with Crippen LogP contribution in [0.25, 0.3) is 89.7 Å². The van der Waals surface area contributed by atoms with E-state index in [-0.39, 0.29) is 67.4 Å². The maximum Gasteiger partial charge on any atom is 2.00 e. The predicted octanol–water partition coefficient (Wildman–Crippen LogP) is 12.1. The van der Waals surface area contributed by atoms with Crippen molar-refractivity contribution in [3.05, 3.63) is 133 Å². The Morgan fingerprint density at radius 3 is 1.11 bits per heavy atom. The Balaban J connectivity index is 0.00000192. The van der Waals surface area contributed by atoms with E-state index in [0.29, 0.717) is 83.4 Å². The van der Waals surface area contributed by atoms with Crippen LogP contribution in [-0.2, 0) is 19.5 Å². The molecule has 65 heavy (non-hydrogen) atoms. The van der Waals surface area contributed by atoms with Crippen LogP contribution in [0.1, 0.15) is 0 Å². The van der Waals surface area contributed by atoms with E-state index in [1.165, 1.54) is 0 Å². The third-order valence-corrected chi connectivity index (χ3v) is 11.3. The van der Waals surface area contributed by atoms with Crippen molar-refractivity contribution in [2.75, 3.05) is 42.3 Å². The van der Waals surface area contributed by atoms with E-state index in [4.69, 9.17) is 39.4 Å².